The Labute approximate surface area is 169 Å². The van der Waals surface area contributed by atoms with E-state index in [-0.39, 0.29) is 24.0 Å². The number of hydrogen-bond acceptors (Lipinski definition) is 5. The Morgan fingerprint density at radius 1 is 0.862 bits per heavy atom. The number of aryl methyl sites for hydroxylation is 2. The fourth-order valence-corrected chi connectivity index (χ4v) is 4.42. The SMILES string of the molecule is Cc1cc(C)n2nc(S(=O)(=O)N(Cc3ccccc3)Cc3ccccc3)nc2n1. The van der Waals surface area contributed by atoms with Crippen molar-refractivity contribution in [1.82, 2.24) is 23.9 Å². The largest absolute Gasteiger partial charge is 0.284 e. The third-order valence-corrected chi connectivity index (χ3v) is 6.15. The van der Waals surface area contributed by atoms with Gasteiger partial charge in [0, 0.05) is 24.5 Å². The maximum atomic E-state index is 13.5. The van der Waals surface area contributed by atoms with Crippen LogP contribution in [-0.2, 0) is 23.1 Å². The molecule has 0 fully saturated rings. The summed E-state index contributed by atoms with van der Waals surface area (Å²) in [4.78, 5) is 8.53. The number of sulfonamides is 1. The van der Waals surface area contributed by atoms with Gasteiger partial charge in [-0.05, 0) is 31.0 Å². The lowest BCUT2D eigenvalue weighted by Crippen LogP contribution is -2.31. The second-order valence-corrected chi connectivity index (χ2v) is 8.72. The summed E-state index contributed by atoms with van der Waals surface area (Å²) >= 11 is 0. The van der Waals surface area contributed by atoms with Crippen LogP contribution in [0.5, 0.6) is 0 Å². The van der Waals surface area contributed by atoms with E-state index in [1.165, 1.54) is 8.82 Å². The van der Waals surface area contributed by atoms with Gasteiger partial charge in [0.1, 0.15) is 0 Å². The Bertz CT molecular complexity index is 1200. The lowest BCUT2D eigenvalue weighted by molar-refractivity contribution is 0.397. The molecule has 4 aromatic rings. The lowest BCUT2D eigenvalue weighted by atomic mass is 10.2. The topological polar surface area (TPSA) is 80.5 Å². The van der Waals surface area contributed by atoms with E-state index in [1.54, 1.807) is 0 Å². The van der Waals surface area contributed by atoms with Gasteiger partial charge in [0.05, 0.1) is 0 Å². The standard InChI is InChI=1S/C21H21N5O2S/c1-16-13-17(2)26-20(22-16)23-21(24-26)29(27,28)25(14-18-9-5-3-6-10-18)15-19-11-7-4-8-12-19/h3-13H,14-15H2,1-2H3. The maximum absolute atomic E-state index is 13.5. The molecule has 2 aromatic heterocycles. The van der Waals surface area contributed by atoms with Crippen molar-refractivity contribution in [2.75, 3.05) is 0 Å². The van der Waals surface area contributed by atoms with Crippen molar-refractivity contribution >= 4 is 15.8 Å². The molecule has 0 radical (unpaired) electrons. The summed E-state index contributed by atoms with van der Waals surface area (Å²) in [5.74, 6) is 0.278. The van der Waals surface area contributed by atoms with Gasteiger partial charge in [0.2, 0.25) is 0 Å². The van der Waals surface area contributed by atoms with Crippen LogP contribution in [0.25, 0.3) is 5.78 Å². The van der Waals surface area contributed by atoms with Crippen LogP contribution in [0, 0.1) is 13.8 Å². The van der Waals surface area contributed by atoms with Crippen LogP contribution in [0.15, 0.2) is 71.9 Å². The highest BCUT2D eigenvalue weighted by atomic mass is 32.2. The van der Waals surface area contributed by atoms with Crippen molar-refractivity contribution in [3.63, 3.8) is 0 Å². The van der Waals surface area contributed by atoms with Crippen LogP contribution in [-0.4, -0.2) is 32.3 Å². The highest BCUT2D eigenvalue weighted by Crippen LogP contribution is 2.20. The van der Waals surface area contributed by atoms with Crippen LogP contribution in [0.2, 0.25) is 0 Å². The normalized spacial score (nSPS) is 12.0. The highest BCUT2D eigenvalue weighted by Gasteiger charge is 2.30. The van der Waals surface area contributed by atoms with Crippen LogP contribution in [0.4, 0.5) is 0 Å². The van der Waals surface area contributed by atoms with Gasteiger partial charge in [-0.15, -0.1) is 5.10 Å². The quantitative estimate of drug-likeness (QED) is 0.491. The zero-order valence-electron chi connectivity index (χ0n) is 16.2. The number of benzene rings is 2. The first kappa shape index (κ1) is 19.2. The van der Waals surface area contributed by atoms with Crippen molar-refractivity contribution in [3.8, 4) is 0 Å². The van der Waals surface area contributed by atoms with E-state index in [2.05, 4.69) is 15.1 Å². The second-order valence-electron chi connectivity index (χ2n) is 6.89. The fraction of sp³-hybridized carbons (Fsp3) is 0.190. The molecule has 4 rings (SSSR count). The Hall–Kier alpha value is -3.10. The predicted molar refractivity (Wildman–Crippen MR) is 110 cm³/mol. The summed E-state index contributed by atoms with van der Waals surface area (Å²) < 4.78 is 29.8. The molecule has 2 heterocycles. The molecule has 0 N–H and O–H groups in total. The van der Waals surface area contributed by atoms with E-state index in [4.69, 9.17) is 0 Å². The van der Waals surface area contributed by atoms with E-state index in [1.807, 2.05) is 80.6 Å². The zero-order valence-corrected chi connectivity index (χ0v) is 17.0. The molecule has 0 aliphatic carbocycles. The number of hydrogen-bond donors (Lipinski definition) is 0. The minimum Gasteiger partial charge on any atom is -0.216 e. The van der Waals surface area contributed by atoms with E-state index >= 15 is 0 Å². The second kappa shape index (κ2) is 7.73. The molecular weight excluding hydrogens is 386 g/mol. The summed E-state index contributed by atoms with van der Waals surface area (Å²) in [6.45, 7) is 4.13. The molecule has 29 heavy (non-hydrogen) atoms. The van der Waals surface area contributed by atoms with E-state index in [0.29, 0.717) is 0 Å². The summed E-state index contributed by atoms with van der Waals surface area (Å²) in [5.41, 5.74) is 3.32. The van der Waals surface area contributed by atoms with Gasteiger partial charge in [-0.2, -0.15) is 9.29 Å². The molecule has 2 aromatic carbocycles. The van der Waals surface area contributed by atoms with Gasteiger partial charge < -0.3 is 0 Å². The third kappa shape index (κ3) is 4.03. The molecule has 7 nitrogen and oxygen atoms in total. The summed E-state index contributed by atoms with van der Waals surface area (Å²) in [5, 5.41) is 4.00. The van der Waals surface area contributed by atoms with E-state index in [0.717, 1.165) is 22.5 Å². The van der Waals surface area contributed by atoms with Gasteiger partial charge in [-0.25, -0.2) is 17.9 Å². The average molecular weight is 407 g/mol. The summed E-state index contributed by atoms with van der Waals surface area (Å²) in [6.07, 6.45) is 0. The minimum atomic E-state index is -3.94. The molecule has 0 aliphatic rings. The molecule has 8 heteroatoms. The Balaban J connectivity index is 1.76. The van der Waals surface area contributed by atoms with Crippen LogP contribution < -0.4 is 0 Å². The smallest absolute Gasteiger partial charge is 0.216 e. The van der Waals surface area contributed by atoms with Crippen LogP contribution >= 0.6 is 0 Å². The van der Waals surface area contributed by atoms with Crippen molar-refractivity contribution in [3.05, 3.63) is 89.2 Å². The Morgan fingerprint density at radius 2 is 1.41 bits per heavy atom. The van der Waals surface area contributed by atoms with Gasteiger partial charge in [-0.1, -0.05) is 60.7 Å². The molecule has 0 saturated heterocycles. The first-order valence-corrected chi connectivity index (χ1v) is 10.7. The number of nitrogens with zero attached hydrogens (tertiary/aromatic N) is 5. The van der Waals surface area contributed by atoms with Crippen molar-refractivity contribution in [2.24, 2.45) is 0 Å². The van der Waals surface area contributed by atoms with Gasteiger partial charge >= 0.3 is 0 Å². The molecule has 0 spiro atoms. The van der Waals surface area contributed by atoms with Crippen molar-refractivity contribution in [2.45, 2.75) is 32.1 Å². The zero-order chi connectivity index (χ0) is 20.4. The highest BCUT2D eigenvalue weighted by molar-refractivity contribution is 7.88. The fourth-order valence-electron chi connectivity index (χ4n) is 3.17. The minimum absolute atomic E-state index is 0.221. The van der Waals surface area contributed by atoms with Crippen LogP contribution in [0.1, 0.15) is 22.5 Å². The van der Waals surface area contributed by atoms with Crippen molar-refractivity contribution < 1.29 is 8.42 Å². The number of fused-ring (bicyclic) bond motifs is 1. The van der Waals surface area contributed by atoms with Gasteiger partial charge in [0.25, 0.3) is 21.0 Å². The first-order valence-electron chi connectivity index (χ1n) is 9.22. The number of rotatable bonds is 6. The Morgan fingerprint density at radius 3 is 1.97 bits per heavy atom. The maximum Gasteiger partial charge on any atom is 0.284 e. The molecule has 0 amide bonds. The molecule has 0 unspecified atom stereocenters. The van der Waals surface area contributed by atoms with Crippen LogP contribution in [0.3, 0.4) is 0 Å². The predicted octanol–water partition coefficient (Wildman–Crippen LogP) is 3.13. The van der Waals surface area contributed by atoms with Gasteiger partial charge in [0.15, 0.2) is 0 Å². The van der Waals surface area contributed by atoms with Crippen molar-refractivity contribution in [1.29, 1.82) is 0 Å². The average Bonchev–Trinajstić information content (AvgIpc) is 3.14. The van der Waals surface area contributed by atoms with Gasteiger partial charge in [-0.3, -0.25) is 0 Å². The summed E-state index contributed by atoms with van der Waals surface area (Å²) in [6, 6.07) is 20.8. The molecule has 0 saturated carbocycles. The monoisotopic (exact) mass is 407 g/mol. The first-order chi connectivity index (χ1) is 13.9. The number of aromatic nitrogens is 4. The molecular formula is C21H21N5O2S. The molecule has 0 atom stereocenters. The van der Waals surface area contributed by atoms with E-state index in [9.17, 15) is 8.42 Å². The Kier molecular flexibility index (Phi) is 5.12. The molecule has 0 bridgehead atoms. The van der Waals surface area contributed by atoms with E-state index < -0.39 is 10.0 Å². The molecule has 0 aliphatic heterocycles. The molecule has 148 valence electrons. The summed E-state index contributed by atoms with van der Waals surface area (Å²) in [7, 11) is -3.94. The lowest BCUT2D eigenvalue weighted by Gasteiger charge is -2.20. The third-order valence-electron chi connectivity index (χ3n) is 4.57.